The Morgan fingerprint density at radius 3 is 2.68 bits per heavy atom. The highest BCUT2D eigenvalue weighted by atomic mass is 16.1. The molecule has 0 unspecified atom stereocenters. The van der Waals surface area contributed by atoms with Crippen LogP contribution in [-0.4, -0.2) is 26.4 Å². The fourth-order valence-electron chi connectivity index (χ4n) is 2.79. The number of carbonyl (C=O) groups is 1. The van der Waals surface area contributed by atoms with E-state index in [0.717, 1.165) is 5.56 Å². The second kappa shape index (κ2) is 7.32. The van der Waals surface area contributed by atoms with Gasteiger partial charge < -0.3 is 11.1 Å². The number of carbonyl (C=O) groups excluding carboxylic acids is 1. The lowest BCUT2D eigenvalue weighted by Gasteiger charge is -2.12. The summed E-state index contributed by atoms with van der Waals surface area (Å²) in [6.07, 6.45) is 4.70. The molecule has 1 amide bonds. The number of aryl methyl sites for hydroxylation is 1. The van der Waals surface area contributed by atoms with Crippen molar-refractivity contribution < 1.29 is 4.79 Å². The largest absolute Gasteiger partial charge is 0.398 e. The van der Waals surface area contributed by atoms with Crippen molar-refractivity contribution in [2.75, 3.05) is 11.1 Å². The number of aromatic nitrogens is 3. The molecule has 2 aromatic heterocycles. The van der Waals surface area contributed by atoms with Crippen LogP contribution in [0.2, 0.25) is 0 Å². The summed E-state index contributed by atoms with van der Waals surface area (Å²) in [5.41, 5.74) is 10.3. The molecule has 0 saturated carbocycles. The van der Waals surface area contributed by atoms with E-state index in [-0.39, 0.29) is 11.4 Å². The van der Waals surface area contributed by atoms with E-state index < -0.39 is 5.91 Å². The first kappa shape index (κ1) is 18.8. The predicted molar refractivity (Wildman–Crippen MR) is 106 cm³/mol. The molecule has 0 aliphatic carbocycles. The fraction of sp³-hybridized carbons (Fsp3) is 0.150. The molecule has 0 aliphatic rings. The molecule has 2 heterocycles. The van der Waals surface area contributed by atoms with Gasteiger partial charge in [-0.25, -0.2) is 4.98 Å². The molecule has 0 spiro atoms. The molecule has 140 valence electrons. The Bertz CT molecular complexity index is 1140. The number of amides is 1. The van der Waals surface area contributed by atoms with E-state index in [1.165, 1.54) is 6.20 Å². The summed E-state index contributed by atoms with van der Waals surface area (Å²) >= 11 is 0. The molecular weight excluding hydrogens is 354 g/mol. The van der Waals surface area contributed by atoms with Gasteiger partial charge in [0.15, 0.2) is 0 Å². The third kappa shape index (κ3) is 3.46. The third-order valence-electron chi connectivity index (χ3n) is 4.55. The molecule has 3 rings (SSSR count). The summed E-state index contributed by atoms with van der Waals surface area (Å²) in [7, 11) is 1.77. The maximum atomic E-state index is 12.7. The fourth-order valence-corrected chi connectivity index (χ4v) is 2.79. The minimum absolute atomic E-state index is 0.213. The van der Waals surface area contributed by atoms with Gasteiger partial charge in [-0.15, -0.1) is 0 Å². The highest BCUT2D eigenvalue weighted by Crippen LogP contribution is 2.22. The average Bonchev–Trinajstić information content (AvgIpc) is 3.11. The van der Waals surface area contributed by atoms with Crippen LogP contribution in [0.5, 0.6) is 0 Å². The average molecular weight is 373 g/mol. The van der Waals surface area contributed by atoms with Crippen molar-refractivity contribution in [2.24, 2.45) is 7.05 Å². The van der Waals surface area contributed by atoms with Crippen LogP contribution < -0.4 is 11.1 Å². The van der Waals surface area contributed by atoms with Gasteiger partial charge in [0.2, 0.25) is 0 Å². The Morgan fingerprint density at radius 1 is 1.29 bits per heavy atom. The Labute approximate surface area is 162 Å². The van der Waals surface area contributed by atoms with Crippen molar-refractivity contribution >= 4 is 23.0 Å². The maximum absolute atomic E-state index is 12.7. The zero-order chi connectivity index (χ0) is 20.4. The number of hydrogen-bond acceptors (Lipinski definition) is 6. The third-order valence-corrected chi connectivity index (χ3v) is 4.55. The number of nitrogens with zero attached hydrogens (tertiary/aromatic N) is 4. The minimum Gasteiger partial charge on any atom is -0.398 e. The van der Waals surface area contributed by atoms with Gasteiger partial charge in [0.1, 0.15) is 11.8 Å². The van der Waals surface area contributed by atoms with Gasteiger partial charge in [-0.2, -0.15) is 10.4 Å². The van der Waals surface area contributed by atoms with E-state index in [9.17, 15) is 4.79 Å². The van der Waals surface area contributed by atoms with Crippen LogP contribution in [0.25, 0.3) is 0 Å². The first-order chi connectivity index (χ1) is 13.3. The first-order valence-corrected chi connectivity index (χ1v) is 8.47. The van der Waals surface area contributed by atoms with Gasteiger partial charge in [0.05, 0.1) is 17.5 Å². The number of nitrogen functional groups attached to an aromatic ring is 1. The molecule has 0 bridgehead atoms. The molecular formula is C20H19N7O. The molecule has 3 aromatic rings. The van der Waals surface area contributed by atoms with Gasteiger partial charge in [-0.3, -0.25) is 14.9 Å². The number of anilines is 2. The highest BCUT2D eigenvalue weighted by molar-refractivity contribution is 6.14. The first-order valence-electron chi connectivity index (χ1n) is 8.47. The Morgan fingerprint density at radius 2 is 2.04 bits per heavy atom. The molecule has 0 atom stereocenters. The molecule has 1 aromatic carbocycles. The normalized spacial score (nSPS) is 10.4. The SMILES string of the molecule is Cc1c(C#N)cnc(C(=O)Nc2ccc(N)c(C(=N)c3cnn(C)c3)c2)c1C. The zero-order valence-corrected chi connectivity index (χ0v) is 15.7. The number of hydrogen-bond donors (Lipinski definition) is 3. The minimum atomic E-state index is -0.395. The second-order valence-corrected chi connectivity index (χ2v) is 6.42. The lowest BCUT2D eigenvalue weighted by atomic mass is 10.0. The molecule has 4 N–H and O–H groups in total. The molecule has 0 aliphatic heterocycles. The van der Waals surface area contributed by atoms with Crippen molar-refractivity contribution in [3.05, 3.63) is 70.3 Å². The number of benzene rings is 1. The van der Waals surface area contributed by atoms with E-state index in [1.807, 2.05) is 0 Å². The summed E-state index contributed by atoms with van der Waals surface area (Å²) < 4.78 is 1.60. The number of pyridine rings is 1. The summed E-state index contributed by atoms with van der Waals surface area (Å²) in [6.45, 7) is 3.54. The van der Waals surface area contributed by atoms with E-state index in [0.29, 0.717) is 33.6 Å². The van der Waals surface area contributed by atoms with Gasteiger partial charge in [0, 0.05) is 41.9 Å². The molecule has 8 nitrogen and oxygen atoms in total. The van der Waals surface area contributed by atoms with E-state index in [2.05, 4.69) is 21.5 Å². The second-order valence-electron chi connectivity index (χ2n) is 6.42. The van der Waals surface area contributed by atoms with Gasteiger partial charge in [0.25, 0.3) is 5.91 Å². The number of nitriles is 1. The lowest BCUT2D eigenvalue weighted by molar-refractivity contribution is 0.102. The monoisotopic (exact) mass is 373 g/mol. The zero-order valence-electron chi connectivity index (χ0n) is 15.7. The Kier molecular flexibility index (Phi) is 4.92. The predicted octanol–water partition coefficient (Wildman–Crippen LogP) is 2.55. The van der Waals surface area contributed by atoms with Crippen molar-refractivity contribution in [3.8, 4) is 6.07 Å². The van der Waals surface area contributed by atoms with Crippen molar-refractivity contribution in [1.29, 1.82) is 10.7 Å². The number of nitrogens with one attached hydrogen (secondary N) is 2. The molecule has 0 fully saturated rings. The van der Waals surface area contributed by atoms with E-state index in [1.54, 1.807) is 56.2 Å². The summed E-state index contributed by atoms with van der Waals surface area (Å²) in [6, 6.07) is 7.01. The van der Waals surface area contributed by atoms with Crippen LogP contribution in [0.3, 0.4) is 0 Å². The van der Waals surface area contributed by atoms with Crippen LogP contribution in [0.4, 0.5) is 11.4 Å². The topological polar surface area (TPSA) is 133 Å². The van der Waals surface area contributed by atoms with Gasteiger partial charge in [-0.05, 0) is 43.2 Å². The van der Waals surface area contributed by atoms with Gasteiger partial charge >= 0.3 is 0 Å². The molecule has 0 radical (unpaired) electrons. The van der Waals surface area contributed by atoms with Crippen molar-refractivity contribution in [2.45, 2.75) is 13.8 Å². The number of nitrogens with two attached hydrogens (primary N) is 1. The van der Waals surface area contributed by atoms with Crippen LogP contribution in [0, 0.1) is 30.6 Å². The highest BCUT2D eigenvalue weighted by Gasteiger charge is 2.16. The summed E-state index contributed by atoms with van der Waals surface area (Å²) in [4.78, 5) is 16.8. The van der Waals surface area contributed by atoms with Crippen LogP contribution >= 0.6 is 0 Å². The van der Waals surface area contributed by atoms with Crippen LogP contribution in [0.1, 0.15) is 38.3 Å². The molecule has 0 saturated heterocycles. The summed E-state index contributed by atoms with van der Waals surface area (Å²) in [5.74, 6) is -0.395. The summed E-state index contributed by atoms with van der Waals surface area (Å²) in [5, 5.41) is 24.3. The van der Waals surface area contributed by atoms with Crippen LogP contribution in [0.15, 0.2) is 36.8 Å². The van der Waals surface area contributed by atoms with Crippen molar-refractivity contribution in [1.82, 2.24) is 14.8 Å². The smallest absolute Gasteiger partial charge is 0.274 e. The standard InChI is InChI=1S/C20H19N7O/c1-11-12(2)19(24-8-13(11)7-21)20(28)26-15-4-5-17(22)16(6-15)18(23)14-9-25-27(3)10-14/h4-6,8-10,23H,22H2,1-3H3,(H,26,28). The van der Waals surface area contributed by atoms with E-state index >= 15 is 0 Å². The van der Waals surface area contributed by atoms with Gasteiger partial charge in [-0.1, -0.05) is 0 Å². The number of rotatable bonds is 4. The maximum Gasteiger partial charge on any atom is 0.274 e. The van der Waals surface area contributed by atoms with E-state index in [4.69, 9.17) is 16.4 Å². The van der Waals surface area contributed by atoms with Crippen LogP contribution in [-0.2, 0) is 7.05 Å². The molecule has 28 heavy (non-hydrogen) atoms. The molecule has 8 heteroatoms. The quantitative estimate of drug-likeness (QED) is 0.477. The lowest BCUT2D eigenvalue weighted by Crippen LogP contribution is -2.17. The Balaban J connectivity index is 1.90. The van der Waals surface area contributed by atoms with Crippen molar-refractivity contribution in [3.63, 3.8) is 0 Å². The Hall–Kier alpha value is -3.99.